The van der Waals surface area contributed by atoms with E-state index in [4.69, 9.17) is 21.1 Å². The number of nitrogens with zero attached hydrogens (tertiary/aromatic N) is 2. The van der Waals surface area contributed by atoms with Crippen LogP contribution in [-0.2, 0) is 20.9 Å². The summed E-state index contributed by atoms with van der Waals surface area (Å²) < 4.78 is 11.2. The molecule has 1 N–H and O–H groups in total. The van der Waals surface area contributed by atoms with E-state index in [0.717, 1.165) is 41.0 Å². The zero-order valence-electron chi connectivity index (χ0n) is 21.0. The van der Waals surface area contributed by atoms with E-state index >= 15 is 0 Å². The van der Waals surface area contributed by atoms with Gasteiger partial charge in [-0.1, -0.05) is 35.9 Å². The molecule has 8 nitrogen and oxygen atoms in total. The molecule has 3 aromatic rings. The summed E-state index contributed by atoms with van der Waals surface area (Å²) in [6.45, 7) is 3.01. The summed E-state index contributed by atoms with van der Waals surface area (Å²) in [5.74, 6) is -0.331. The van der Waals surface area contributed by atoms with Crippen molar-refractivity contribution in [3.8, 4) is 5.75 Å². The molecule has 0 spiro atoms. The van der Waals surface area contributed by atoms with Gasteiger partial charge in [-0.05, 0) is 77.5 Å². The van der Waals surface area contributed by atoms with Crippen LogP contribution >= 0.6 is 23.4 Å². The van der Waals surface area contributed by atoms with Gasteiger partial charge in [-0.15, -0.1) is 0 Å². The highest BCUT2D eigenvalue weighted by molar-refractivity contribution is 8.18. The molecule has 0 bridgehead atoms. The summed E-state index contributed by atoms with van der Waals surface area (Å²) in [6.07, 6.45) is 1.63. The van der Waals surface area contributed by atoms with Crippen molar-refractivity contribution in [3.05, 3.63) is 93.9 Å². The normalized spacial score (nSPS) is 16.6. The van der Waals surface area contributed by atoms with Gasteiger partial charge in [0.2, 0.25) is 5.91 Å². The van der Waals surface area contributed by atoms with Crippen LogP contribution in [0.3, 0.4) is 0 Å². The van der Waals surface area contributed by atoms with Crippen molar-refractivity contribution >= 4 is 57.9 Å². The number of hydrogen-bond donors (Lipinski definition) is 1. The van der Waals surface area contributed by atoms with Crippen molar-refractivity contribution in [2.45, 2.75) is 6.61 Å². The number of carbonyl (C=O) groups excluding carboxylic acids is 3. The number of nitrogens with one attached hydrogen (secondary N) is 1. The van der Waals surface area contributed by atoms with Crippen molar-refractivity contribution in [2.24, 2.45) is 0 Å². The highest BCUT2D eigenvalue weighted by Crippen LogP contribution is 2.32. The topological polar surface area (TPSA) is 88.2 Å². The van der Waals surface area contributed by atoms with Crippen molar-refractivity contribution in [1.29, 1.82) is 0 Å². The van der Waals surface area contributed by atoms with E-state index in [1.807, 2.05) is 42.5 Å². The Hall–Kier alpha value is -3.79. The maximum absolute atomic E-state index is 12.9. The zero-order chi connectivity index (χ0) is 27.2. The molecule has 2 aliphatic rings. The fourth-order valence-electron chi connectivity index (χ4n) is 4.15. The van der Waals surface area contributed by atoms with Gasteiger partial charge in [0.15, 0.2) is 0 Å². The molecular formula is C29H26ClN3O5S. The number of imide groups is 1. The number of thioether (sulfide) groups is 1. The zero-order valence-corrected chi connectivity index (χ0v) is 22.5. The van der Waals surface area contributed by atoms with Gasteiger partial charge in [0, 0.05) is 29.5 Å². The average molecular weight is 564 g/mol. The molecule has 2 aliphatic heterocycles. The standard InChI is InChI=1S/C29H26ClN3O5S/c30-22-6-4-20(5-7-22)19-38-25-3-1-2-21(16-25)17-26-28(35)33(29(36)39-26)18-27(34)31-23-8-10-24(11-9-23)32-12-14-37-15-13-32/h1-11,16-17H,12-15,18-19H2,(H,31,34)/b26-17+. The van der Waals surface area contributed by atoms with E-state index < -0.39 is 17.1 Å². The third kappa shape index (κ3) is 7.00. The Morgan fingerprint density at radius 1 is 1.03 bits per heavy atom. The summed E-state index contributed by atoms with van der Waals surface area (Å²) in [6, 6.07) is 22.1. The first kappa shape index (κ1) is 26.8. The molecular weight excluding hydrogens is 538 g/mol. The van der Waals surface area contributed by atoms with Crippen LogP contribution in [0.25, 0.3) is 6.08 Å². The second kappa shape index (κ2) is 12.4. The number of ether oxygens (including phenoxy) is 2. The lowest BCUT2D eigenvalue weighted by Gasteiger charge is -2.28. The first-order chi connectivity index (χ1) is 18.9. The predicted octanol–water partition coefficient (Wildman–Crippen LogP) is 5.43. The number of halogens is 1. The van der Waals surface area contributed by atoms with Crippen LogP contribution in [0.15, 0.2) is 77.7 Å². The minimum Gasteiger partial charge on any atom is -0.489 e. The van der Waals surface area contributed by atoms with Crippen LogP contribution in [0.5, 0.6) is 5.75 Å². The molecule has 3 amide bonds. The van der Waals surface area contributed by atoms with Crippen LogP contribution in [-0.4, -0.2) is 54.8 Å². The fourth-order valence-corrected chi connectivity index (χ4v) is 5.11. The van der Waals surface area contributed by atoms with Gasteiger partial charge in [-0.25, -0.2) is 0 Å². The molecule has 0 saturated carbocycles. The van der Waals surface area contributed by atoms with Crippen LogP contribution in [0, 0.1) is 0 Å². The SMILES string of the molecule is O=C(CN1C(=O)S/C(=C/c2cccc(OCc3ccc(Cl)cc3)c2)C1=O)Nc1ccc(N2CCOCC2)cc1. The Kier molecular flexibility index (Phi) is 8.51. The van der Waals surface area contributed by atoms with Crippen LogP contribution < -0.4 is 15.0 Å². The molecule has 0 radical (unpaired) electrons. The Labute approximate surface area is 235 Å². The third-order valence-electron chi connectivity index (χ3n) is 6.18. The highest BCUT2D eigenvalue weighted by atomic mass is 35.5. The lowest BCUT2D eigenvalue weighted by molar-refractivity contribution is -0.127. The molecule has 3 aromatic carbocycles. The minimum atomic E-state index is -0.504. The molecule has 0 unspecified atom stereocenters. The van der Waals surface area contributed by atoms with Gasteiger partial charge >= 0.3 is 0 Å². The largest absolute Gasteiger partial charge is 0.489 e. The quantitative estimate of drug-likeness (QED) is 0.366. The number of benzene rings is 3. The molecule has 0 atom stereocenters. The van der Waals surface area contributed by atoms with Crippen molar-refractivity contribution in [1.82, 2.24) is 4.90 Å². The molecule has 2 saturated heterocycles. The van der Waals surface area contributed by atoms with Gasteiger partial charge in [-0.2, -0.15) is 0 Å². The van der Waals surface area contributed by atoms with Crippen molar-refractivity contribution in [3.63, 3.8) is 0 Å². The second-order valence-electron chi connectivity index (χ2n) is 8.95. The third-order valence-corrected chi connectivity index (χ3v) is 7.34. The van der Waals surface area contributed by atoms with Gasteiger partial charge in [0.1, 0.15) is 18.9 Å². The first-order valence-corrected chi connectivity index (χ1v) is 13.6. The number of carbonyl (C=O) groups is 3. The number of hydrogen-bond acceptors (Lipinski definition) is 7. The monoisotopic (exact) mass is 563 g/mol. The van der Waals surface area contributed by atoms with Crippen LogP contribution in [0.2, 0.25) is 5.02 Å². The molecule has 0 aromatic heterocycles. The van der Waals surface area contributed by atoms with Gasteiger partial charge in [0.25, 0.3) is 11.1 Å². The molecule has 39 heavy (non-hydrogen) atoms. The maximum Gasteiger partial charge on any atom is 0.294 e. The van der Waals surface area contributed by atoms with Crippen LogP contribution in [0.4, 0.5) is 16.2 Å². The van der Waals surface area contributed by atoms with E-state index in [2.05, 4.69) is 10.2 Å². The number of amides is 3. The predicted molar refractivity (Wildman–Crippen MR) is 153 cm³/mol. The Morgan fingerprint density at radius 2 is 1.77 bits per heavy atom. The van der Waals surface area contributed by atoms with E-state index in [1.54, 1.807) is 36.4 Å². The van der Waals surface area contributed by atoms with Crippen molar-refractivity contribution < 1.29 is 23.9 Å². The van der Waals surface area contributed by atoms with Gasteiger partial charge in [0.05, 0.1) is 18.1 Å². The van der Waals surface area contributed by atoms with Gasteiger partial charge in [-0.3, -0.25) is 19.3 Å². The number of morpholine rings is 1. The molecule has 5 rings (SSSR count). The minimum absolute atomic E-state index is 0.248. The number of anilines is 2. The average Bonchev–Trinajstić information content (AvgIpc) is 3.21. The summed E-state index contributed by atoms with van der Waals surface area (Å²) >= 11 is 6.74. The van der Waals surface area contributed by atoms with E-state index in [9.17, 15) is 14.4 Å². The first-order valence-electron chi connectivity index (χ1n) is 12.4. The van der Waals surface area contributed by atoms with Crippen LogP contribution in [0.1, 0.15) is 11.1 Å². The molecule has 10 heteroatoms. The van der Waals surface area contributed by atoms with E-state index in [0.29, 0.717) is 41.8 Å². The Bertz CT molecular complexity index is 1390. The lowest BCUT2D eigenvalue weighted by atomic mass is 10.2. The summed E-state index contributed by atoms with van der Waals surface area (Å²) in [7, 11) is 0. The summed E-state index contributed by atoms with van der Waals surface area (Å²) in [5.41, 5.74) is 3.32. The maximum atomic E-state index is 12.9. The Balaban J connectivity index is 1.17. The highest BCUT2D eigenvalue weighted by Gasteiger charge is 2.36. The molecule has 2 fully saturated rings. The second-order valence-corrected chi connectivity index (χ2v) is 10.4. The molecule has 200 valence electrons. The lowest BCUT2D eigenvalue weighted by Crippen LogP contribution is -2.36. The Morgan fingerprint density at radius 3 is 2.51 bits per heavy atom. The molecule has 2 heterocycles. The van der Waals surface area contributed by atoms with Crippen molar-refractivity contribution in [2.75, 3.05) is 43.1 Å². The summed E-state index contributed by atoms with van der Waals surface area (Å²) in [4.78, 5) is 41.5. The smallest absolute Gasteiger partial charge is 0.294 e. The van der Waals surface area contributed by atoms with E-state index in [-0.39, 0.29) is 11.4 Å². The van der Waals surface area contributed by atoms with E-state index in [1.165, 1.54) is 0 Å². The fraction of sp³-hybridized carbons (Fsp3) is 0.207. The number of rotatable bonds is 8. The molecule has 0 aliphatic carbocycles. The van der Waals surface area contributed by atoms with Gasteiger partial charge < -0.3 is 19.7 Å². The summed E-state index contributed by atoms with van der Waals surface area (Å²) in [5, 5.41) is 2.93.